The van der Waals surface area contributed by atoms with E-state index in [1.165, 1.54) is 0 Å². The van der Waals surface area contributed by atoms with Gasteiger partial charge < -0.3 is 4.42 Å². The van der Waals surface area contributed by atoms with Crippen LogP contribution in [0.5, 0.6) is 0 Å². The summed E-state index contributed by atoms with van der Waals surface area (Å²) in [6, 6.07) is 17.5. The summed E-state index contributed by atoms with van der Waals surface area (Å²) in [5, 5.41) is 0.681. The summed E-state index contributed by atoms with van der Waals surface area (Å²) in [4.78, 5) is 8.61. The molecule has 0 bridgehead atoms. The van der Waals surface area contributed by atoms with E-state index in [4.69, 9.17) is 16.0 Å². The number of halogens is 2. The Morgan fingerprint density at radius 2 is 1.76 bits per heavy atom. The summed E-state index contributed by atoms with van der Waals surface area (Å²) in [6.07, 6.45) is 1.71. The molecule has 3 aromatic rings. The summed E-state index contributed by atoms with van der Waals surface area (Å²) < 4.78 is 6.04. The second-order valence-corrected chi connectivity index (χ2v) is 5.45. The molecule has 2 aromatic carbocycles. The van der Waals surface area contributed by atoms with Crippen LogP contribution in [0.15, 0.2) is 68.7 Å². The zero-order valence-electron chi connectivity index (χ0n) is 10.8. The van der Waals surface area contributed by atoms with Crippen LogP contribution < -0.4 is 0 Å². The molecule has 3 nitrogen and oxygen atoms in total. The van der Waals surface area contributed by atoms with Crippen molar-refractivity contribution in [1.29, 1.82) is 0 Å². The Kier molecular flexibility index (Phi) is 4.18. The average molecular weight is 362 g/mol. The van der Waals surface area contributed by atoms with Crippen LogP contribution in [0.25, 0.3) is 11.3 Å². The van der Waals surface area contributed by atoms with E-state index in [0.29, 0.717) is 21.4 Å². The lowest BCUT2D eigenvalue weighted by Gasteiger charge is -1.95. The van der Waals surface area contributed by atoms with Crippen molar-refractivity contribution in [1.82, 2.24) is 4.98 Å². The number of aromatic nitrogens is 1. The highest BCUT2D eigenvalue weighted by atomic mass is 79.9. The Hall–Kier alpha value is -1.91. The molecule has 3 rings (SSSR count). The molecule has 104 valence electrons. The van der Waals surface area contributed by atoms with E-state index in [0.717, 1.165) is 11.1 Å². The van der Waals surface area contributed by atoms with Gasteiger partial charge in [0.1, 0.15) is 5.69 Å². The first-order valence-electron chi connectivity index (χ1n) is 6.24. The number of rotatable bonds is 3. The maximum absolute atomic E-state index is 5.88. The zero-order valence-corrected chi connectivity index (χ0v) is 13.2. The van der Waals surface area contributed by atoms with Gasteiger partial charge in [-0.1, -0.05) is 54.1 Å². The van der Waals surface area contributed by atoms with Crippen molar-refractivity contribution in [3.63, 3.8) is 0 Å². The molecule has 5 heteroatoms. The molecule has 0 aliphatic carbocycles. The minimum absolute atomic E-state index is 0.302. The fraction of sp³-hybridized carbons (Fsp3) is 0. The summed E-state index contributed by atoms with van der Waals surface area (Å²) in [5.41, 5.74) is 2.60. The van der Waals surface area contributed by atoms with Crippen molar-refractivity contribution in [3.8, 4) is 11.3 Å². The van der Waals surface area contributed by atoms with Crippen LogP contribution in [0.1, 0.15) is 5.56 Å². The molecule has 1 heterocycles. The summed E-state index contributed by atoms with van der Waals surface area (Å²) in [7, 11) is 0. The molecular formula is C16H10BrClN2O. The molecule has 1 aromatic heterocycles. The number of nitrogens with zero attached hydrogens (tertiary/aromatic N) is 2. The molecule has 0 aliphatic rings. The standard InChI is InChI=1S/C16H10BrClN2O/c17-15-14(12-6-8-13(18)9-7-12)20-16(21-15)19-10-11-4-2-1-3-5-11/h1-10H/b19-10+. The highest BCUT2D eigenvalue weighted by molar-refractivity contribution is 9.10. The third-order valence-corrected chi connectivity index (χ3v) is 3.61. The third-order valence-electron chi connectivity index (χ3n) is 2.82. The van der Waals surface area contributed by atoms with Crippen molar-refractivity contribution in [2.75, 3.05) is 0 Å². The molecule has 0 spiro atoms. The van der Waals surface area contributed by atoms with Crippen molar-refractivity contribution in [2.24, 2.45) is 4.99 Å². The highest BCUT2D eigenvalue weighted by Crippen LogP contribution is 2.32. The van der Waals surface area contributed by atoms with E-state index in [1.54, 1.807) is 6.21 Å². The molecule has 0 amide bonds. The Balaban J connectivity index is 1.88. The Labute approximate surface area is 135 Å². The zero-order chi connectivity index (χ0) is 14.7. The smallest absolute Gasteiger partial charge is 0.323 e. The van der Waals surface area contributed by atoms with Gasteiger partial charge in [-0.15, -0.1) is 0 Å². The maximum atomic E-state index is 5.88. The van der Waals surface area contributed by atoms with Gasteiger partial charge in [-0.2, -0.15) is 4.98 Å². The van der Waals surface area contributed by atoms with Crippen molar-refractivity contribution < 1.29 is 4.42 Å². The van der Waals surface area contributed by atoms with Crippen molar-refractivity contribution in [3.05, 3.63) is 69.9 Å². The fourth-order valence-corrected chi connectivity index (χ4v) is 2.39. The number of hydrogen-bond acceptors (Lipinski definition) is 3. The van der Waals surface area contributed by atoms with Gasteiger partial charge in [0, 0.05) is 16.8 Å². The first-order chi connectivity index (χ1) is 10.2. The average Bonchev–Trinajstić information content (AvgIpc) is 2.88. The first-order valence-corrected chi connectivity index (χ1v) is 7.41. The van der Waals surface area contributed by atoms with Crippen LogP contribution in [0.4, 0.5) is 6.01 Å². The molecule has 0 aliphatic heterocycles. The molecule has 0 N–H and O–H groups in total. The number of hydrogen-bond donors (Lipinski definition) is 0. The van der Waals surface area contributed by atoms with Gasteiger partial charge in [0.15, 0.2) is 4.67 Å². The number of oxazole rings is 1. The first kappa shape index (κ1) is 14.0. The van der Waals surface area contributed by atoms with E-state index in [9.17, 15) is 0 Å². The van der Waals surface area contributed by atoms with E-state index in [-0.39, 0.29) is 0 Å². The van der Waals surface area contributed by atoms with Gasteiger partial charge >= 0.3 is 6.01 Å². The largest absolute Gasteiger partial charge is 0.414 e. The van der Waals surface area contributed by atoms with Crippen LogP contribution in [0, 0.1) is 0 Å². The molecule has 0 atom stereocenters. The summed E-state index contributed by atoms with van der Waals surface area (Å²) >= 11 is 9.25. The lowest BCUT2D eigenvalue weighted by molar-refractivity contribution is 0.546. The number of aliphatic imine (C=N–C) groups is 1. The molecule has 0 radical (unpaired) electrons. The van der Waals surface area contributed by atoms with Gasteiger partial charge in [-0.25, -0.2) is 4.99 Å². The SMILES string of the molecule is Clc1ccc(-c2nc(/N=C/c3ccccc3)oc2Br)cc1. The van der Waals surface area contributed by atoms with Crippen LogP contribution in [0.3, 0.4) is 0 Å². The predicted octanol–water partition coefficient (Wildman–Crippen LogP) is 5.51. The second kappa shape index (κ2) is 6.24. The van der Waals surface area contributed by atoms with Gasteiger partial charge in [0.25, 0.3) is 0 Å². The van der Waals surface area contributed by atoms with E-state index in [2.05, 4.69) is 25.9 Å². The summed E-state index contributed by atoms with van der Waals surface area (Å²) in [6.45, 7) is 0. The Morgan fingerprint density at radius 1 is 1.05 bits per heavy atom. The lowest BCUT2D eigenvalue weighted by atomic mass is 10.2. The van der Waals surface area contributed by atoms with Crippen LogP contribution in [-0.2, 0) is 0 Å². The van der Waals surface area contributed by atoms with Crippen molar-refractivity contribution >= 4 is 39.8 Å². The predicted molar refractivity (Wildman–Crippen MR) is 88.3 cm³/mol. The minimum atomic E-state index is 0.302. The Morgan fingerprint density at radius 3 is 2.48 bits per heavy atom. The minimum Gasteiger partial charge on any atom is -0.414 e. The van der Waals surface area contributed by atoms with E-state index >= 15 is 0 Å². The molecule has 0 unspecified atom stereocenters. The van der Waals surface area contributed by atoms with E-state index in [1.807, 2.05) is 54.6 Å². The quantitative estimate of drug-likeness (QED) is 0.577. The highest BCUT2D eigenvalue weighted by Gasteiger charge is 2.12. The number of benzene rings is 2. The van der Waals surface area contributed by atoms with Gasteiger partial charge in [-0.3, -0.25) is 0 Å². The van der Waals surface area contributed by atoms with Gasteiger partial charge in [-0.05, 0) is 33.6 Å². The van der Waals surface area contributed by atoms with Gasteiger partial charge in [0.2, 0.25) is 0 Å². The summed E-state index contributed by atoms with van der Waals surface area (Å²) in [5.74, 6) is 0. The van der Waals surface area contributed by atoms with Crippen LogP contribution >= 0.6 is 27.5 Å². The third kappa shape index (κ3) is 3.40. The van der Waals surface area contributed by atoms with Crippen LogP contribution in [0.2, 0.25) is 5.02 Å². The van der Waals surface area contributed by atoms with E-state index < -0.39 is 0 Å². The molecular weight excluding hydrogens is 352 g/mol. The second-order valence-electron chi connectivity index (χ2n) is 4.29. The molecule has 0 fully saturated rings. The van der Waals surface area contributed by atoms with Crippen LogP contribution in [-0.4, -0.2) is 11.2 Å². The molecule has 0 saturated heterocycles. The molecule has 0 saturated carbocycles. The monoisotopic (exact) mass is 360 g/mol. The van der Waals surface area contributed by atoms with Crippen molar-refractivity contribution in [2.45, 2.75) is 0 Å². The lowest BCUT2D eigenvalue weighted by Crippen LogP contribution is -1.79. The maximum Gasteiger partial charge on any atom is 0.323 e. The normalized spacial score (nSPS) is 11.1. The van der Waals surface area contributed by atoms with Gasteiger partial charge in [0.05, 0.1) is 0 Å². The Bertz CT molecular complexity index is 767. The molecule has 21 heavy (non-hydrogen) atoms. The topological polar surface area (TPSA) is 38.4 Å². The fourth-order valence-electron chi connectivity index (χ4n) is 1.80.